The molecule has 0 nitrogen and oxygen atoms in total. The van der Waals surface area contributed by atoms with Crippen molar-refractivity contribution in [1.82, 2.24) is 0 Å². The standard InChI is InChI=1S/C10H18/c1-4-5-9-7-10(9)6-8(2)3/h5,8,10H,4,6-7H2,1-3H3. The molecule has 0 aromatic carbocycles. The Morgan fingerprint density at radius 3 is 2.80 bits per heavy atom. The summed E-state index contributed by atoms with van der Waals surface area (Å²) in [5, 5.41) is 0. The summed E-state index contributed by atoms with van der Waals surface area (Å²) in [6, 6.07) is 0. The van der Waals surface area contributed by atoms with Gasteiger partial charge in [-0.05, 0) is 31.1 Å². The lowest BCUT2D eigenvalue weighted by Gasteiger charge is -1.98. The first kappa shape index (κ1) is 7.84. The van der Waals surface area contributed by atoms with Gasteiger partial charge in [-0.15, -0.1) is 0 Å². The van der Waals surface area contributed by atoms with E-state index in [0.717, 1.165) is 11.8 Å². The average Bonchev–Trinajstić information content (AvgIpc) is 2.47. The Kier molecular flexibility index (Phi) is 2.53. The van der Waals surface area contributed by atoms with Crippen LogP contribution in [0.25, 0.3) is 0 Å². The van der Waals surface area contributed by atoms with E-state index in [1.54, 1.807) is 5.57 Å². The van der Waals surface area contributed by atoms with Gasteiger partial charge < -0.3 is 0 Å². The van der Waals surface area contributed by atoms with Crippen LogP contribution in [-0.2, 0) is 0 Å². The predicted octanol–water partition coefficient (Wildman–Crippen LogP) is 3.39. The molecule has 0 N–H and O–H groups in total. The van der Waals surface area contributed by atoms with Crippen LogP contribution in [0.3, 0.4) is 0 Å². The van der Waals surface area contributed by atoms with Crippen LogP contribution in [0.15, 0.2) is 11.6 Å². The highest BCUT2D eigenvalue weighted by atomic mass is 14.3. The zero-order valence-corrected chi connectivity index (χ0v) is 7.35. The molecule has 0 saturated heterocycles. The van der Waals surface area contributed by atoms with Gasteiger partial charge in [-0.1, -0.05) is 32.4 Å². The number of rotatable bonds is 3. The van der Waals surface area contributed by atoms with Gasteiger partial charge >= 0.3 is 0 Å². The molecular formula is C10H18. The van der Waals surface area contributed by atoms with Crippen LogP contribution < -0.4 is 0 Å². The summed E-state index contributed by atoms with van der Waals surface area (Å²) >= 11 is 0. The van der Waals surface area contributed by atoms with E-state index in [2.05, 4.69) is 26.8 Å². The van der Waals surface area contributed by atoms with E-state index in [4.69, 9.17) is 0 Å². The minimum absolute atomic E-state index is 0.882. The largest absolute Gasteiger partial charge is 0.0853 e. The molecule has 1 aliphatic carbocycles. The van der Waals surface area contributed by atoms with E-state index < -0.39 is 0 Å². The lowest BCUT2D eigenvalue weighted by molar-refractivity contribution is 0.550. The molecule has 0 bridgehead atoms. The lowest BCUT2D eigenvalue weighted by atomic mass is 10.1. The minimum Gasteiger partial charge on any atom is -0.0853 e. The first-order valence-electron chi connectivity index (χ1n) is 4.43. The van der Waals surface area contributed by atoms with Crippen molar-refractivity contribution in [3.05, 3.63) is 11.6 Å². The average molecular weight is 138 g/mol. The second kappa shape index (κ2) is 3.23. The smallest absolute Gasteiger partial charge is 0.0163 e. The van der Waals surface area contributed by atoms with Crippen molar-refractivity contribution in [2.24, 2.45) is 11.8 Å². The van der Waals surface area contributed by atoms with Crippen LogP contribution in [0, 0.1) is 11.8 Å². The Morgan fingerprint density at radius 2 is 2.30 bits per heavy atom. The maximum atomic E-state index is 2.40. The fourth-order valence-electron chi connectivity index (χ4n) is 1.54. The van der Waals surface area contributed by atoms with Crippen molar-refractivity contribution in [2.45, 2.75) is 40.0 Å². The van der Waals surface area contributed by atoms with Gasteiger partial charge in [0, 0.05) is 0 Å². The quantitative estimate of drug-likeness (QED) is 0.524. The molecule has 1 rings (SSSR count). The molecule has 1 aliphatic rings. The molecule has 0 aromatic heterocycles. The van der Waals surface area contributed by atoms with E-state index in [1.165, 1.54) is 19.3 Å². The Bertz CT molecular complexity index is 131. The first-order chi connectivity index (χ1) is 4.74. The topological polar surface area (TPSA) is 0 Å². The Labute approximate surface area is 64.3 Å². The fourth-order valence-corrected chi connectivity index (χ4v) is 1.54. The number of hydrogen-bond acceptors (Lipinski definition) is 0. The molecule has 0 amide bonds. The molecule has 0 radical (unpaired) electrons. The van der Waals surface area contributed by atoms with Gasteiger partial charge in [-0.3, -0.25) is 0 Å². The molecular weight excluding hydrogens is 120 g/mol. The molecule has 0 aromatic rings. The summed E-state index contributed by atoms with van der Waals surface area (Å²) in [4.78, 5) is 0. The molecule has 0 spiro atoms. The second-order valence-corrected chi connectivity index (χ2v) is 3.72. The Balaban J connectivity index is 2.19. The molecule has 0 heteroatoms. The maximum absolute atomic E-state index is 2.40. The van der Waals surface area contributed by atoms with Crippen molar-refractivity contribution in [2.75, 3.05) is 0 Å². The van der Waals surface area contributed by atoms with Crippen LogP contribution in [0.1, 0.15) is 40.0 Å². The fraction of sp³-hybridized carbons (Fsp3) is 0.800. The van der Waals surface area contributed by atoms with Gasteiger partial charge in [-0.2, -0.15) is 0 Å². The van der Waals surface area contributed by atoms with E-state index in [-0.39, 0.29) is 0 Å². The number of hydrogen-bond donors (Lipinski definition) is 0. The van der Waals surface area contributed by atoms with E-state index >= 15 is 0 Å². The molecule has 0 heterocycles. The van der Waals surface area contributed by atoms with Crippen LogP contribution in [0.4, 0.5) is 0 Å². The third-order valence-electron chi connectivity index (χ3n) is 2.07. The van der Waals surface area contributed by atoms with E-state index in [9.17, 15) is 0 Å². The van der Waals surface area contributed by atoms with Gasteiger partial charge in [0.15, 0.2) is 0 Å². The molecule has 0 aliphatic heterocycles. The molecule has 58 valence electrons. The van der Waals surface area contributed by atoms with Crippen LogP contribution >= 0.6 is 0 Å². The highest BCUT2D eigenvalue weighted by Gasteiger charge is 2.28. The Morgan fingerprint density at radius 1 is 1.60 bits per heavy atom. The van der Waals surface area contributed by atoms with Crippen molar-refractivity contribution in [1.29, 1.82) is 0 Å². The highest BCUT2D eigenvalue weighted by molar-refractivity contribution is 5.22. The van der Waals surface area contributed by atoms with Crippen molar-refractivity contribution in [3.8, 4) is 0 Å². The van der Waals surface area contributed by atoms with Crippen molar-refractivity contribution in [3.63, 3.8) is 0 Å². The van der Waals surface area contributed by atoms with Crippen LogP contribution in [-0.4, -0.2) is 0 Å². The summed E-state index contributed by atoms with van der Waals surface area (Å²) in [5.41, 5.74) is 1.72. The maximum Gasteiger partial charge on any atom is -0.0163 e. The van der Waals surface area contributed by atoms with Crippen molar-refractivity contribution < 1.29 is 0 Å². The number of allylic oxidation sites excluding steroid dienone is 2. The van der Waals surface area contributed by atoms with Crippen LogP contribution in [0.5, 0.6) is 0 Å². The monoisotopic (exact) mass is 138 g/mol. The lowest BCUT2D eigenvalue weighted by Crippen LogP contribution is -1.87. The van der Waals surface area contributed by atoms with Crippen LogP contribution in [0.2, 0.25) is 0 Å². The van der Waals surface area contributed by atoms with Gasteiger partial charge in [-0.25, -0.2) is 0 Å². The molecule has 10 heavy (non-hydrogen) atoms. The molecule has 1 atom stereocenters. The van der Waals surface area contributed by atoms with E-state index in [0.29, 0.717) is 0 Å². The normalized spacial score (nSPS) is 28.0. The first-order valence-corrected chi connectivity index (χ1v) is 4.43. The summed E-state index contributed by atoms with van der Waals surface area (Å²) < 4.78 is 0. The molecule has 1 unspecified atom stereocenters. The van der Waals surface area contributed by atoms with Gasteiger partial charge in [0.1, 0.15) is 0 Å². The summed E-state index contributed by atoms with van der Waals surface area (Å²) in [6.45, 7) is 6.83. The zero-order valence-electron chi connectivity index (χ0n) is 7.35. The summed E-state index contributed by atoms with van der Waals surface area (Å²) in [6.07, 6.45) is 6.43. The Hall–Kier alpha value is -0.260. The third kappa shape index (κ3) is 2.17. The molecule has 1 saturated carbocycles. The van der Waals surface area contributed by atoms with Gasteiger partial charge in [0.05, 0.1) is 0 Å². The molecule has 1 fully saturated rings. The highest BCUT2D eigenvalue weighted by Crippen LogP contribution is 2.42. The predicted molar refractivity (Wildman–Crippen MR) is 45.9 cm³/mol. The summed E-state index contributed by atoms with van der Waals surface area (Å²) in [7, 11) is 0. The summed E-state index contributed by atoms with van der Waals surface area (Å²) in [5.74, 6) is 1.85. The van der Waals surface area contributed by atoms with Crippen molar-refractivity contribution >= 4 is 0 Å². The van der Waals surface area contributed by atoms with Gasteiger partial charge in [0.2, 0.25) is 0 Å². The zero-order chi connectivity index (χ0) is 7.56. The second-order valence-electron chi connectivity index (χ2n) is 3.72. The van der Waals surface area contributed by atoms with Gasteiger partial charge in [0.25, 0.3) is 0 Å². The SMILES string of the molecule is CCC=C1CC1CC(C)C. The third-order valence-corrected chi connectivity index (χ3v) is 2.07. The minimum atomic E-state index is 0.882. The van der Waals surface area contributed by atoms with E-state index in [1.807, 2.05) is 0 Å².